The molecule has 2 aromatic rings. The van der Waals surface area contributed by atoms with Gasteiger partial charge in [0.05, 0.1) is 0 Å². The Hall–Kier alpha value is -1.56. The maximum atomic E-state index is 2.28. The van der Waals surface area contributed by atoms with Crippen molar-refractivity contribution in [2.45, 2.75) is 39.0 Å². The molecular formula is C18H22. The summed E-state index contributed by atoms with van der Waals surface area (Å²) in [7, 11) is 0. The summed E-state index contributed by atoms with van der Waals surface area (Å²) in [5, 5.41) is 0. The summed E-state index contributed by atoms with van der Waals surface area (Å²) in [5.74, 6) is 0.596. The Morgan fingerprint density at radius 3 is 1.72 bits per heavy atom. The normalized spacial score (nSPS) is 11.8. The van der Waals surface area contributed by atoms with Crippen molar-refractivity contribution in [1.29, 1.82) is 0 Å². The molecule has 94 valence electrons. The summed E-state index contributed by atoms with van der Waals surface area (Å²) >= 11 is 0. The minimum absolute atomic E-state index is 0.0662. The minimum Gasteiger partial charge on any atom is -0.0622 e. The van der Waals surface area contributed by atoms with Gasteiger partial charge in [0.2, 0.25) is 0 Å². The lowest BCUT2D eigenvalue weighted by molar-refractivity contribution is 0.640. The Bertz CT molecular complexity index is 489. The van der Waals surface area contributed by atoms with Crippen LogP contribution in [-0.4, -0.2) is 0 Å². The smallest absolute Gasteiger partial charge is 0.0146 e. The molecule has 0 amide bonds. The SMILES string of the molecule is CC(C)c1ccc(C(C)(C)c2ccccc2)cc1. The Morgan fingerprint density at radius 1 is 0.722 bits per heavy atom. The third kappa shape index (κ3) is 2.48. The maximum absolute atomic E-state index is 2.28. The number of hydrogen-bond donors (Lipinski definition) is 0. The first kappa shape index (κ1) is 12.9. The molecule has 0 bridgehead atoms. The van der Waals surface area contributed by atoms with E-state index in [0.717, 1.165) is 0 Å². The molecule has 0 atom stereocenters. The molecule has 0 nitrogen and oxygen atoms in total. The Kier molecular flexibility index (Phi) is 3.56. The van der Waals surface area contributed by atoms with Crippen molar-refractivity contribution >= 4 is 0 Å². The van der Waals surface area contributed by atoms with Crippen LogP contribution in [0.3, 0.4) is 0 Å². The van der Waals surface area contributed by atoms with E-state index in [2.05, 4.69) is 82.3 Å². The molecule has 0 saturated heterocycles. The topological polar surface area (TPSA) is 0 Å². The Balaban J connectivity index is 2.36. The van der Waals surface area contributed by atoms with Gasteiger partial charge in [-0.2, -0.15) is 0 Å². The lowest BCUT2D eigenvalue weighted by Gasteiger charge is -2.26. The number of benzene rings is 2. The molecule has 0 unspecified atom stereocenters. The van der Waals surface area contributed by atoms with Gasteiger partial charge in [-0.1, -0.05) is 82.3 Å². The molecule has 0 fully saturated rings. The molecule has 0 heteroatoms. The van der Waals surface area contributed by atoms with Crippen molar-refractivity contribution in [2.75, 3.05) is 0 Å². The van der Waals surface area contributed by atoms with Gasteiger partial charge in [0.25, 0.3) is 0 Å². The van der Waals surface area contributed by atoms with Crippen molar-refractivity contribution in [2.24, 2.45) is 0 Å². The summed E-state index contributed by atoms with van der Waals surface area (Å²) in [4.78, 5) is 0. The van der Waals surface area contributed by atoms with Gasteiger partial charge in [0, 0.05) is 5.41 Å². The molecule has 0 aliphatic rings. The Labute approximate surface area is 111 Å². The molecule has 0 N–H and O–H groups in total. The molecular weight excluding hydrogens is 216 g/mol. The maximum Gasteiger partial charge on any atom is 0.0146 e. The molecule has 0 spiro atoms. The van der Waals surface area contributed by atoms with E-state index in [4.69, 9.17) is 0 Å². The monoisotopic (exact) mass is 238 g/mol. The van der Waals surface area contributed by atoms with Crippen molar-refractivity contribution < 1.29 is 0 Å². The summed E-state index contributed by atoms with van der Waals surface area (Å²) in [6.45, 7) is 9.04. The van der Waals surface area contributed by atoms with E-state index in [0.29, 0.717) is 5.92 Å². The molecule has 0 aliphatic carbocycles. The zero-order valence-corrected chi connectivity index (χ0v) is 11.8. The fourth-order valence-corrected chi connectivity index (χ4v) is 2.31. The van der Waals surface area contributed by atoms with Gasteiger partial charge in [-0.15, -0.1) is 0 Å². The van der Waals surface area contributed by atoms with Crippen LogP contribution in [-0.2, 0) is 5.41 Å². The van der Waals surface area contributed by atoms with Crippen LogP contribution in [0.2, 0.25) is 0 Å². The van der Waals surface area contributed by atoms with Crippen LogP contribution in [0.1, 0.15) is 50.3 Å². The summed E-state index contributed by atoms with van der Waals surface area (Å²) in [6, 6.07) is 19.7. The molecule has 0 radical (unpaired) electrons. The van der Waals surface area contributed by atoms with Crippen LogP contribution in [0.25, 0.3) is 0 Å². The van der Waals surface area contributed by atoms with Crippen molar-refractivity contribution in [3.63, 3.8) is 0 Å². The third-order valence-corrected chi connectivity index (χ3v) is 3.79. The van der Waals surface area contributed by atoms with Crippen molar-refractivity contribution in [3.05, 3.63) is 71.3 Å². The second-order valence-corrected chi connectivity index (χ2v) is 5.77. The fourth-order valence-electron chi connectivity index (χ4n) is 2.31. The first-order valence-electron chi connectivity index (χ1n) is 6.68. The molecule has 0 heterocycles. The predicted octanol–water partition coefficient (Wildman–Crippen LogP) is 5.14. The van der Waals surface area contributed by atoms with E-state index >= 15 is 0 Å². The fraction of sp³-hybridized carbons (Fsp3) is 0.333. The highest BCUT2D eigenvalue weighted by molar-refractivity contribution is 5.38. The summed E-state index contributed by atoms with van der Waals surface area (Å²) < 4.78 is 0. The highest BCUT2D eigenvalue weighted by Crippen LogP contribution is 2.31. The molecule has 18 heavy (non-hydrogen) atoms. The standard InChI is InChI=1S/C18H22/c1-14(2)15-10-12-17(13-11-15)18(3,4)16-8-6-5-7-9-16/h5-14H,1-4H3. The quantitative estimate of drug-likeness (QED) is 0.695. The first-order valence-corrected chi connectivity index (χ1v) is 6.68. The molecule has 0 saturated carbocycles. The average Bonchev–Trinajstić information content (AvgIpc) is 2.40. The van der Waals surface area contributed by atoms with Crippen molar-refractivity contribution in [1.82, 2.24) is 0 Å². The minimum atomic E-state index is 0.0662. The Morgan fingerprint density at radius 2 is 1.22 bits per heavy atom. The van der Waals surface area contributed by atoms with E-state index in [1.165, 1.54) is 16.7 Å². The van der Waals surface area contributed by atoms with E-state index < -0.39 is 0 Å². The molecule has 2 aromatic carbocycles. The van der Waals surface area contributed by atoms with Crippen LogP contribution in [0.15, 0.2) is 54.6 Å². The lowest BCUT2D eigenvalue weighted by atomic mass is 9.78. The van der Waals surface area contributed by atoms with Gasteiger partial charge in [-0.25, -0.2) is 0 Å². The number of rotatable bonds is 3. The van der Waals surface area contributed by atoms with Crippen LogP contribution in [0, 0.1) is 0 Å². The van der Waals surface area contributed by atoms with Gasteiger partial charge in [0.15, 0.2) is 0 Å². The van der Waals surface area contributed by atoms with Gasteiger partial charge >= 0.3 is 0 Å². The van der Waals surface area contributed by atoms with Crippen LogP contribution in [0.5, 0.6) is 0 Å². The van der Waals surface area contributed by atoms with Crippen LogP contribution in [0.4, 0.5) is 0 Å². The molecule has 0 aromatic heterocycles. The van der Waals surface area contributed by atoms with Crippen LogP contribution >= 0.6 is 0 Å². The van der Waals surface area contributed by atoms with E-state index in [9.17, 15) is 0 Å². The first-order chi connectivity index (χ1) is 8.51. The van der Waals surface area contributed by atoms with E-state index in [1.54, 1.807) is 0 Å². The third-order valence-electron chi connectivity index (χ3n) is 3.79. The molecule has 2 rings (SSSR count). The van der Waals surface area contributed by atoms with E-state index in [-0.39, 0.29) is 5.41 Å². The van der Waals surface area contributed by atoms with Crippen molar-refractivity contribution in [3.8, 4) is 0 Å². The highest BCUT2D eigenvalue weighted by Gasteiger charge is 2.22. The zero-order chi connectivity index (χ0) is 13.2. The van der Waals surface area contributed by atoms with Crippen LogP contribution < -0.4 is 0 Å². The van der Waals surface area contributed by atoms with E-state index in [1.807, 2.05) is 0 Å². The summed E-state index contributed by atoms with van der Waals surface area (Å²) in [5.41, 5.74) is 4.21. The van der Waals surface area contributed by atoms with Gasteiger partial charge in [-0.3, -0.25) is 0 Å². The van der Waals surface area contributed by atoms with Gasteiger partial charge < -0.3 is 0 Å². The van der Waals surface area contributed by atoms with Gasteiger partial charge in [0.1, 0.15) is 0 Å². The summed E-state index contributed by atoms with van der Waals surface area (Å²) in [6.07, 6.45) is 0. The zero-order valence-electron chi connectivity index (χ0n) is 11.8. The lowest BCUT2D eigenvalue weighted by Crippen LogP contribution is -2.18. The molecule has 0 aliphatic heterocycles. The highest BCUT2D eigenvalue weighted by atomic mass is 14.3. The predicted molar refractivity (Wildman–Crippen MR) is 79.1 cm³/mol. The number of hydrogen-bond acceptors (Lipinski definition) is 0. The average molecular weight is 238 g/mol. The second kappa shape index (κ2) is 4.97. The second-order valence-electron chi connectivity index (χ2n) is 5.77. The largest absolute Gasteiger partial charge is 0.0622 e. The van der Waals surface area contributed by atoms with Gasteiger partial charge in [-0.05, 0) is 22.6 Å².